The molecule has 0 N–H and O–H groups in total. The molecular formula is CHBrI2O2S. The molecule has 0 fully saturated rings. The zero-order valence-corrected chi connectivity index (χ0v) is 9.65. The van der Waals surface area contributed by atoms with Crippen molar-refractivity contribution < 1.29 is 8.42 Å². The van der Waals surface area contributed by atoms with Gasteiger partial charge in [-0.25, -0.2) is 8.42 Å². The van der Waals surface area contributed by atoms with Gasteiger partial charge in [0.2, 0.25) is 8.27 Å². The van der Waals surface area contributed by atoms with Gasteiger partial charge in [0.1, 0.15) is 0 Å². The average Bonchev–Trinajstić information content (AvgIpc) is 1.31. The van der Waals surface area contributed by atoms with Crippen molar-refractivity contribution in [3.63, 3.8) is 0 Å². The Morgan fingerprint density at radius 2 is 1.57 bits per heavy atom. The van der Waals surface area contributed by atoms with Gasteiger partial charge >= 0.3 is 0 Å². The summed E-state index contributed by atoms with van der Waals surface area (Å²) in [4.78, 5) is 0. The van der Waals surface area contributed by atoms with Crippen molar-refractivity contribution in [2.75, 3.05) is 0 Å². The van der Waals surface area contributed by atoms with E-state index in [2.05, 4.69) is 14.8 Å². The fourth-order valence-corrected chi connectivity index (χ4v) is 0. The Labute approximate surface area is 76.8 Å². The lowest BCUT2D eigenvalue weighted by molar-refractivity contribution is 0.615. The fourth-order valence-electron chi connectivity index (χ4n) is 0. The molecule has 0 unspecified atom stereocenters. The summed E-state index contributed by atoms with van der Waals surface area (Å²) in [7, 11) is -2.95. The summed E-state index contributed by atoms with van der Waals surface area (Å²) in [6, 6.07) is 0. The lowest BCUT2D eigenvalue weighted by atomic mass is 11.9. The highest BCUT2D eigenvalue weighted by Crippen LogP contribution is 2.22. The topological polar surface area (TPSA) is 34.1 Å². The maximum absolute atomic E-state index is 10.2. The Kier molecular flexibility index (Phi) is 4.01. The maximum Gasteiger partial charge on any atom is 0.230 e. The van der Waals surface area contributed by atoms with Crippen LogP contribution in [0.2, 0.25) is 0 Å². The first-order chi connectivity index (χ1) is 2.94. The molecule has 0 atom stereocenters. The highest BCUT2D eigenvalue weighted by molar-refractivity contribution is 14.2. The molecule has 0 rings (SSSR count). The SMILES string of the molecule is O=S(=O)(Br)C(I)I. The molecule has 6 heteroatoms. The van der Waals surface area contributed by atoms with E-state index >= 15 is 0 Å². The first-order valence-corrected chi connectivity index (χ1v) is 7.04. The van der Waals surface area contributed by atoms with Crippen LogP contribution in [0, 0.1) is 0 Å². The molecule has 0 spiro atoms. The van der Waals surface area contributed by atoms with E-state index in [0.717, 1.165) is 0 Å². The monoisotopic (exact) mass is 410 g/mol. The molecule has 0 aliphatic rings. The second kappa shape index (κ2) is 3.16. The van der Waals surface area contributed by atoms with Gasteiger partial charge < -0.3 is 0 Å². The molecule has 0 saturated carbocycles. The van der Waals surface area contributed by atoms with Crippen molar-refractivity contribution in [2.24, 2.45) is 0 Å². The first kappa shape index (κ1) is 8.89. The second-order valence-corrected chi connectivity index (χ2v) is 11.4. The summed E-state index contributed by atoms with van der Waals surface area (Å²) in [5, 5.41) is 0. The van der Waals surface area contributed by atoms with E-state index in [1.54, 1.807) is 45.2 Å². The lowest BCUT2D eigenvalue weighted by Crippen LogP contribution is -1.95. The third-order valence-electron chi connectivity index (χ3n) is 0.213. The van der Waals surface area contributed by atoms with Crippen molar-refractivity contribution in [3.8, 4) is 0 Å². The number of hydrogen-bond acceptors (Lipinski definition) is 2. The molecule has 7 heavy (non-hydrogen) atoms. The third-order valence-corrected chi connectivity index (χ3v) is 9.97. The van der Waals surface area contributed by atoms with Crippen molar-refractivity contribution in [1.29, 1.82) is 0 Å². The molecule has 0 aromatic heterocycles. The van der Waals surface area contributed by atoms with Gasteiger partial charge in [-0.3, -0.25) is 0 Å². The van der Waals surface area contributed by atoms with Gasteiger partial charge in [-0.1, -0.05) is 45.2 Å². The molecule has 44 valence electrons. The standard InChI is InChI=1S/CHBrI2O2S/c2-7(5,6)1(3)4/h1H. The van der Waals surface area contributed by atoms with Crippen LogP contribution in [0.3, 0.4) is 0 Å². The summed E-state index contributed by atoms with van der Waals surface area (Å²) in [5.41, 5.74) is 0. The van der Waals surface area contributed by atoms with Gasteiger partial charge in [-0.15, -0.1) is 0 Å². The number of halogens is 3. The molecule has 0 aromatic rings. The van der Waals surface area contributed by atoms with Crippen molar-refractivity contribution in [2.45, 2.75) is 1.26 Å². The molecule has 0 aliphatic carbocycles. The second-order valence-electron chi connectivity index (χ2n) is 0.736. The average molecular weight is 411 g/mol. The summed E-state index contributed by atoms with van der Waals surface area (Å²) in [6.07, 6.45) is 0. The lowest BCUT2D eigenvalue weighted by Gasteiger charge is -1.89. The summed E-state index contributed by atoms with van der Waals surface area (Å²) >= 11 is 6.10. The summed E-state index contributed by atoms with van der Waals surface area (Å²) < 4.78 is 20.1. The van der Waals surface area contributed by atoms with Crippen LogP contribution >= 0.6 is 60.0 Å². The van der Waals surface area contributed by atoms with Crippen LogP contribution < -0.4 is 0 Å². The van der Waals surface area contributed by atoms with E-state index in [1.807, 2.05) is 0 Å². The number of hydrogen-bond donors (Lipinski definition) is 0. The minimum absolute atomic E-state index is 0.373. The minimum Gasteiger partial charge on any atom is -0.215 e. The van der Waals surface area contributed by atoms with Crippen molar-refractivity contribution >= 4 is 68.3 Å². The molecule has 0 bridgehead atoms. The molecular weight excluding hydrogens is 410 g/mol. The van der Waals surface area contributed by atoms with Crippen LogP contribution in [-0.2, 0) is 8.27 Å². The van der Waals surface area contributed by atoms with Gasteiger partial charge in [0.05, 0.1) is 14.8 Å². The van der Waals surface area contributed by atoms with E-state index in [1.165, 1.54) is 0 Å². The molecule has 0 heterocycles. The molecule has 0 saturated heterocycles. The predicted octanol–water partition coefficient (Wildman–Crippen LogP) is 1.86. The number of alkyl halides is 2. The maximum atomic E-state index is 10.2. The van der Waals surface area contributed by atoms with E-state index in [4.69, 9.17) is 0 Å². The van der Waals surface area contributed by atoms with Crippen LogP contribution in [0.25, 0.3) is 0 Å². The zero-order chi connectivity index (χ0) is 6.08. The van der Waals surface area contributed by atoms with Crippen LogP contribution in [-0.4, -0.2) is 9.68 Å². The van der Waals surface area contributed by atoms with Gasteiger partial charge in [0, 0.05) is 0 Å². The molecule has 0 amide bonds. The Morgan fingerprint density at radius 3 is 1.57 bits per heavy atom. The smallest absolute Gasteiger partial charge is 0.215 e. The van der Waals surface area contributed by atoms with Crippen LogP contribution in [0.4, 0.5) is 0 Å². The molecule has 0 aromatic carbocycles. The highest BCUT2D eigenvalue weighted by Gasteiger charge is 2.12. The number of rotatable bonds is 1. The van der Waals surface area contributed by atoms with Gasteiger partial charge in [-0.2, -0.15) is 0 Å². The highest BCUT2D eigenvalue weighted by atomic mass is 127. The minimum atomic E-state index is -2.95. The Balaban J connectivity index is 4.10. The quantitative estimate of drug-likeness (QED) is 0.376. The third kappa shape index (κ3) is 4.40. The first-order valence-electron chi connectivity index (χ1n) is 1.16. The van der Waals surface area contributed by atoms with E-state index in [0.29, 0.717) is 0 Å². The van der Waals surface area contributed by atoms with E-state index in [-0.39, 0.29) is 1.26 Å². The van der Waals surface area contributed by atoms with Gasteiger partial charge in [0.15, 0.2) is 1.26 Å². The Hall–Kier alpha value is 1.89. The fraction of sp³-hybridized carbons (Fsp3) is 1.00. The normalized spacial score (nSPS) is 12.6. The Morgan fingerprint density at radius 1 is 1.43 bits per heavy atom. The van der Waals surface area contributed by atoms with Gasteiger partial charge in [-0.05, 0) is 0 Å². The summed E-state index contributed by atoms with van der Waals surface area (Å²) in [6.45, 7) is 0. The van der Waals surface area contributed by atoms with Crippen LogP contribution in [0.5, 0.6) is 0 Å². The predicted molar refractivity (Wildman–Crippen MR) is 49.7 cm³/mol. The largest absolute Gasteiger partial charge is 0.230 e. The van der Waals surface area contributed by atoms with Crippen LogP contribution in [0.15, 0.2) is 0 Å². The molecule has 0 aliphatic heterocycles. The Bertz CT molecular complexity index is 138. The van der Waals surface area contributed by atoms with Gasteiger partial charge in [0.25, 0.3) is 0 Å². The van der Waals surface area contributed by atoms with Crippen molar-refractivity contribution in [1.82, 2.24) is 0 Å². The zero-order valence-electron chi connectivity index (χ0n) is 2.94. The van der Waals surface area contributed by atoms with Crippen molar-refractivity contribution in [3.05, 3.63) is 0 Å². The summed E-state index contributed by atoms with van der Waals surface area (Å²) in [5.74, 6) is 0. The van der Waals surface area contributed by atoms with E-state index < -0.39 is 8.27 Å². The van der Waals surface area contributed by atoms with E-state index in [9.17, 15) is 8.42 Å². The molecule has 2 nitrogen and oxygen atoms in total. The van der Waals surface area contributed by atoms with Crippen LogP contribution in [0.1, 0.15) is 0 Å². The molecule has 0 radical (unpaired) electrons.